The molecule has 0 unspecified atom stereocenters. The van der Waals surface area contributed by atoms with Crippen LogP contribution in [0.5, 0.6) is 0 Å². The first-order chi connectivity index (χ1) is 12.7. The molecule has 0 aromatic carbocycles. The van der Waals surface area contributed by atoms with Gasteiger partial charge in [0, 0.05) is 37.1 Å². The number of aromatic nitrogens is 2. The highest BCUT2D eigenvalue weighted by Crippen LogP contribution is 2.19. The summed E-state index contributed by atoms with van der Waals surface area (Å²) in [5.74, 6) is -0.00841. The Morgan fingerprint density at radius 1 is 1.33 bits per heavy atom. The van der Waals surface area contributed by atoms with Crippen LogP contribution in [0.4, 0.5) is 0 Å². The Bertz CT molecular complexity index is 689. The number of carboxylic acid groups (broad SMARTS) is 1. The minimum atomic E-state index is -0.390. The van der Waals surface area contributed by atoms with Gasteiger partial charge >= 0.3 is 5.69 Å². The maximum absolute atomic E-state index is 12.8. The molecule has 9 nitrogen and oxygen atoms in total. The monoisotopic (exact) mass is 382 g/mol. The first kappa shape index (κ1) is 22.8. The molecule has 2 rings (SSSR count). The second-order valence-electron chi connectivity index (χ2n) is 7.06. The van der Waals surface area contributed by atoms with Crippen molar-refractivity contribution >= 4 is 12.4 Å². The van der Waals surface area contributed by atoms with Crippen LogP contribution >= 0.6 is 0 Å². The summed E-state index contributed by atoms with van der Waals surface area (Å²) in [6, 6.07) is 2.07. The van der Waals surface area contributed by atoms with Gasteiger partial charge < -0.3 is 20.0 Å². The Morgan fingerprint density at radius 3 is 2.48 bits per heavy atom. The topological polar surface area (TPSA) is 116 Å². The van der Waals surface area contributed by atoms with E-state index in [-0.39, 0.29) is 37.5 Å². The summed E-state index contributed by atoms with van der Waals surface area (Å²) in [5, 5.41) is 16.4. The van der Waals surface area contributed by atoms with Crippen molar-refractivity contribution < 1.29 is 19.8 Å². The Labute approximate surface area is 159 Å². The molecule has 27 heavy (non-hydrogen) atoms. The number of aliphatic hydroxyl groups is 1. The maximum atomic E-state index is 12.8. The van der Waals surface area contributed by atoms with E-state index in [4.69, 9.17) is 9.90 Å². The summed E-state index contributed by atoms with van der Waals surface area (Å²) in [5.41, 5.74) is 1.00. The number of likely N-dealkylation sites (tertiary alicyclic amines) is 1. The SMILES string of the molecule is Cc1cc(C)n(CC(=O)N2C[C@@H](CO)CC[C@@H](N(C)C)C2)c(=O)n1.O=CO. The quantitative estimate of drug-likeness (QED) is 0.688. The highest BCUT2D eigenvalue weighted by molar-refractivity contribution is 5.76. The van der Waals surface area contributed by atoms with Crippen molar-refractivity contribution in [3.8, 4) is 0 Å². The van der Waals surface area contributed by atoms with Gasteiger partial charge in [0.1, 0.15) is 6.54 Å². The molecule has 1 aromatic heterocycles. The zero-order valence-corrected chi connectivity index (χ0v) is 16.5. The maximum Gasteiger partial charge on any atom is 0.348 e. The molecule has 0 aliphatic carbocycles. The van der Waals surface area contributed by atoms with E-state index in [1.807, 2.05) is 21.0 Å². The van der Waals surface area contributed by atoms with Gasteiger partial charge in [-0.15, -0.1) is 0 Å². The third-order valence-corrected chi connectivity index (χ3v) is 4.80. The van der Waals surface area contributed by atoms with Crippen molar-refractivity contribution in [2.24, 2.45) is 5.92 Å². The minimum absolute atomic E-state index is 0.00373. The molecule has 1 aliphatic rings. The van der Waals surface area contributed by atoms with Crippen molar-refractivity contribution in [2.45, 2.75) is 39.3 Å². The van der Waals surface area contributed by atoms with E-state index in [2.05, 4.69) is 9.88 Å². The Hall–Kier alpha value is -2.26. The van der Waals surface area contributed by atoms with E-state index in [1.54, 1.807) is 17.9 Å². The lowest BCUT2D eigenvalue weighted by atomic mass is 10.0. The molecule has 2 heterocycles. The smallest absolute Gasteiger partial charge is 0.348 e. The number of amides is 1. The number of carbonyl (C=O) groups excluding carboxylic acids is 1. The van der Waals surface area contributed by atoms with Gasteiger partial charge in [0.2, 0.25) is 5.91 Å². The number of aryl methyl sites for hydroxylation is 2. The average molecular weight is 382 g/mol. The van der Waals surface area contributed by atoms with Crippen LogP contribution in [0.3, 0.4) is 0 Å². The average Bonchev–Trinajstić information content (AvgIpc) is 2.81. The molecule has 1 saturated heterocycles. The van der Waals surface area contributed by atoms with E-state index >= 15 is 0 Å². The molecule has 1 fully saturated rings. The van der Waals surface area contributed by atoms with Crippen LogP contribution in [0.1, 0.15) is 24.2 Å². The summed E-state index contributed by atoms with van der Waals surface area (Å²) < 4.78 is 1.42. The Kier molecular flexibility index (Phi) is 9.10. The third-order valence-electron chi connectivity index (χ3n) is 4.80. The molecule has 0 spiro atoms. The zero-order valence-electron chi connectivity index (χ0n) is 16.5. The fourth-order valence-corrected chi connectivity index (χ4v) is 3.23. The summed E-state index contributed by atoms with van der Waals surface area (Å²) in [7, 11) is 4.01. The fourth-order valence-electron chi connectivity index (χ4n) is 3.23. The van der Waals surface area contributed by atoms with Crippen molar-refractivity contribution in [3.63, 3.8) is 0 Å². The van der Waals surface area contributed by atoms with Crippen molar-refractivity contribution in [1.82, 2.24) is 19.4 Å². The summed E-state index contributed by atoms with van der Waals surface area (Å²) in [4.78, 5) is 41.0. The van der Waals surface area contributed by atoms with Gasteiger partial charge in [-0.3, -0.25) is 14.2 Å². The number of carbonyl (C=O) groups is 2. The molecular weight excluding hydrogens is 352 g/mol. The van der Waals surface area contributed by atoms with Crippen LogP contribution in [-0.4, -0.2) is 81.8 Å². The molecule has 152 valence electrons. The van der Waals surface area contributed by atoms with Crippen LogP contribution in [-0.2, 0) is 16.1 Å². The van der Waals surface area contributed by atoms with E-state index in [9.17, 15) is 14.7 Å². The predicted molar refractivity (Wildman–Crippen MR) is 101 cm³/mol. The third kappa shape index (κ3) is 6.76. The van der Waals surface area contributed by atoms with Crippen LogP contribution in [0.2, 0.25) is 0 Å². The molecular formula is C18H30N4O5. The highest BCUT2D eigenvalue weighted by atomic mass is 16.3. The molecule has 2 atom stereocenters. The summed E-state index contributed by atoms with van der Waals surface area (Å²) >= 11 is 0. The van der Waals surface area contributed by atoms with E-state index in [1.165, 1.54) is 4.57 Å². The minimum Gasteiger partial charge on any atom is -0.483 e. The lowest BCUT2D eigenvalue weighted by Gasteiger charge is -2.29. The largest absolute Gasteiger partial charge is 0.483 e. The zero-order chi connectivity index (χ0) is 20.6. The second kappa shape index (κ2) is 10.8. The molecule has 0 saturated carbocycles. The predicted octanol–water partition coefficient (Wildman–Crippen LogP) is -0.278. The normalized spacial score (nSPS) is 19.9. The summed E-state index contributed by atoms with van der Waals surface area (Å²) in [6.45, 7) is 4.56. The molecule has 1 amide bonds. The molecule has 2 N–H and O–H groups in total. The van der Waals surface area contributed by atoms with Crippen molar-refractivity contribution in [3.05, 3.63) is 27.9 Å². The number of likely N-dealkylation sites (N-methyl/N-ethyl adjacent to an activating group) is 1. The number of hydrogen-bond donors (Lipinski definition) is 2. The lowest BCUT2D eigenvalue weighted by Crippen LogP contribution is -2.45. The summed E-state index contributed by atoms with van der Waals surface area (Å²) in [6.07, 6.45) is 1.85. The lowest BCUT2D eigenvalue weighted by molar-refractivity contribution is -0.133. The van der Waals surface area contributed by atoms with E-state index in [0.29, 0.717) is 18.8 Å². The van der Waals surface area contributed by atoms with Gasteiger partial charge in [-0.2, -0.15) is 4.98 Å². The van der Waals surface area contributed by atoms with E-state index in [0.717, 1.165) is 18.5 Å². The van der Waals surface area contributed by atoms with Crippen molar-refractivity contribution in [1.29, 1.82) is 0 Å². The molecule has 0 radical (unpaired) electrons. The van der Waals surface area contributed by atoms with Gasteiger partial charge in [0.25, 0.3) is 6.47 Å². The van der Waals surface area contributed by atoms with Gasteiger partial charge in [-0.1, -0.05) is 0 Å². The number of rotatable bonds is 4. The standard InChI is InChI=1S/C17H28N4O3.CH2O2/c1-12-7-13(2)21(17(24)18-12)10-16(23)20-8-14(11-22)5-6-15(9-20)19(3)4;2-1-3/h7,14-15,22H,5-6,8-11H2,1-4H3;1H,(H,2,3)/t14-,15+;/m0./s1. The van der Waals surface area contributed by atoms with Crippen LogP contribution < -0.4 is 5.69 Å². The van der Waals surface area contributed by atoms with Crippen LogP contribution in [0.25, 0.3) is 0 Å². The highest BCUT2D eigenvalue weighted by Gasteiger charge is 2.28. The van der Waals surface area contributed by atoms with Gasteiger partial charge in [0.05, 0.1) is 0 Å². The Morgan fingerprint density at radius 2 is 1.96 bits per heavy atom. The van der Waals surface area contributed by atoms with Crippen LogP contribution in [0, 0.1) is 19.8 Å². The second-order valence-corrected chi connectivity index (χ2v) is 7.06. The fraction of sp³-hybridized carbons (Fsp3) is 0.667. The van der Waals surface area contributed by atoms with E-state index < -0.39 is 5.69 Å². The first-order valence-electron chi connectivity index (χ1n) is 8.91. The molecule has 1 aliphatic heterocycles. The van der Waals surface area contributed by atoms with Gasteiger partial charge in [-0.25, -0.2) is 4.79 Å². The van der Waals surface area contributed by atoms with Crippen LogP contribution in [0.15, 0.2) is 10.9 Å². The Balaban J connectivity index is 0.00000114. The number of nitrogens with zero attached hydrogens (tertiary/aromatic N) is 4. The van der Waals surface area contributed by atoms with Gasteiger partial charge in [0.15, 0.2) is 0 Å². The molecule has 1 aromatic rings. The molecule has 9 heteroatoms. The van der Waals surface area contributed by atoms with Gasteiger partial charge in [-0.05, 0) is 52.8 Å². The van der Waals surface area contributed by atoms with Crippen molar-refractivity contribution in [2.75, 3.05) is 33.8 Å². The first-order valence-corrected chi connectivity index (χ1v) is 8.91. The molecule has 0 bridgehead atoms. The number of aliphatic hydroxyl groups excluding tert-OH is 1. The number of hydrogen-bond acceptors (Lipinski definition) is 6.